The average molecular weight is 410 g/mol. The van der Waals surface area contributed by atoms with Crippen molar-refractivity contribution in [3.8, 4) is 5.75 Å². The molecule has 152 valence electrons. The molecule has 0 radical (unpaired) electrons. The zero-order valence-electron chi connectivity index (χ0n) is 14.7. The number of nitrogens with zero attached hydrogens (tertiary/aromatic N) is 5. The number of hydrazone groups is 1. The van der Waals surface area contributed by atoms with Crippen LogP contribution < -0.4 is 10.2 Å². The molecule has 0 aliphatic rings. The Morgan fingerprint density at radius 2 is 1.83 bits per heavy atom. The monoisotopic (exact) mass is 410 g/mol. The third-order valence-electron chi connectivity index (χ3n) is 3.42. The van der Waals surface area contributed by atoms with Crippen LogP contribution >= 0.6 is 0 Å². The summed E-state index contributed by atoms with van der Waals surface area (Å²) in [5.74, 6) is -0.581. The van der Waals surface area contributed by atoms with Gasteiger partial charge in [0.2, 0.25) is 0 Å². The third-order valence-corrected chi connectivity index (χ3v) is 3.42. The van der Waals surface area contributed by atoms with Crippen molar-refractivity contribution in [2.24, 2.45) is 5.10 Å². The van der Waals surface area contributed by atoms with E-state index < -0.39 is 18.6 Å². The molecule has 8 nitrogen and oxygen atoms in total. The van der Waals surface area contributed by atoms with Crippen molar-refractivity contribution >= 4 is 12.1 Å². The maximum atomic E-state index is 12.8. The predicted molar refractivity (Wildman–Crippen MR) is 92.6 cm³/mol. The van der Waals surface area contributed by atoms with Gasteiger partial charge in [-0.25, -0.2) is 14.5 Å². The van der Waals surface area contributed by atoms with Crippen LogP contribution in [0.3, 0.4) is 0 Å². The quantitative estimate of drug-likeness (QED) is 0.369. The van der Waals surface area contributed by atoms with Crippen molar-refractivity contribution in [1.29, 1.82) is 0 Å². The first kappa shape index (κ1) is 20.0. The van der Waals surface area contributed by atoms with Gasteiger partial charge in [0.15, 0.2) is 12.4 Å². The summed E-state index contributed by atoms with van der Waals surface area (Å²) >= 11 is 0. The normalized spacial score (nSPS) is 11.7. The van der Waals surface area contributed by atoms with E-state index in [9.17, 15) is 22.4 Å². The fraction of sp³-hybridized carbons (Fsp3) is 0.176. The first-order valence-corrected chi connectivity index (χ1v) is 8.14. The van der Waals surface area contributed by atoms with Crippen LogP contribution in [0.15, 0.2) is 53.9 Å². The molecular formula is C17H14F4N6O2. The lowest BCUT2D eigenvalue weighted by atomic mass is 10.3. The van der Waals surface area contributed by atoms with E-state index in [1.165, 1.54) is 47.3 Å². The zero-order chi connectivity index (χ0) is 20.9. The van der Waals surface area contributed by atoms with Gasteiger partial charge in [0.1, 0.15) is 23.8 Å². The second-order valence-corrected chi connectivity index (χ2v) is 5.72. The van der Waals surface area contributed by atoms with Crippen LogP contribution in [0.25, 0.3) is 0 Å². The number of benzene rings is 1. The van der Waals surface area contributed by atoms with Crippen molar-refractivity contribution < 1.29 is 27.1 Å². The average Bonchev–Trinajstić information content (AvgIpc) is 3.29. The Kier molecular flexibility index (Phi) is 5.90. The van der Waals surface area contributed by atoms with Gasteiger partial charge in [-0.1, -0.05) is 0 Å². The molecule has 0 unspecified atom stereocenters. The number of ether oxygens (including phenoxy) is 1. The molecule has 0 bridgehead atoms. The zero-order valence-corrected chi connectivity index (χ0v) is 14.7. The van der Waals surface area contributed by atoms with Crippen LogP contribution in [0.5, 0.6) is 5.75 Å². The minimum atomic E-state index is -4.38. The highest BCUT2D eigenvalue weighted by Crippen LogP contribution is 2.16. The number of hydrogen-bond donors (Lipinski definition) is 1. The summed E-state index contributed by atoms with van der Waals surface area (Å²) in [5, 5.41) is 11.3. The van der Waals surface area contributed by atoms with E-state index in [0.717, 1.165) is 12.4 Å². The number of hydrogen-bond acceptors (Lipinski definition) is 5. The molecule has 0 saturated carbocycles. The molecule has 29 heavy (non-hydrogen) atoms. The van der Waals surface area contributed by atoms with Gasteiger partial charge in [0.25, 0.3) is 5.91 Å². The molecule has 0 fully saturated rings. The van der Waals surface area contributed by atoms with Gasteiger partial charge in [-0.15, -0.1) is 0 Å². The van der Waals surface area contributed by atoms with Crippen LogP contribution in [0.4, 0.5) is 17.6 Å². The molecule has 0 aliphatic heterocycles. The largest absolute Gasteiger partial charge is 0.471 e. The number of halogens is 4. The molecule has 3 aromatic rings. The Morgan fingerprint density at radius 3 is 2.55 bits per heavy atom. The minimum absolute atomic E-state index is 0.00117. The molecule has 1 N–H and O–H groups in total. The summed E-state index contributed by atoms with van der Waals surface area (Å²) in [7, 11) is 0. The number of carbonyl (C=O) groups is 1. The Balaban J connectivity index is 1.49. The lowest BCUT2D eigenvalue weighted by molar-refractivity contribution is -0.142. The standard InChI is InChI=1S/C17H14F4N6O2/c18-12-1-3-14(4-2-12)29-11-27-8-6-15(25-27)16(28)23-22-9-13-5-7-26(24-13)10-17(19,20)21/h1-9H,10-11H2,(H,23,28)/b22-9-. The third kappa shape index (κ3) is 6.16. The highest BCUT2D eigenvalue weighted by atomic mass is 19.4. The number of carbonyl (C=O) groups excluding carboxylic acids is 1. The smallest absolute Gasteiger partial charge is 0.408 e. The van der Waals surface area contributed by atoms with Gasteiger partial charge >= 0.3 is 6.18 Å². The number of amides is 1. The van der Waals surface area contributed by atoms with Crippen LogP contribution in [-0.2, 0) is 13.3 Å². The number of rotatable bonds is 7. The highest BCUT2D eigenvalue weighted by Gasteiger charge is 2.28. The Hall–Kier alpha value is -3.70. The lowest BCUT2D eigenvalue weighted by Crippen LogP contribution is -2.19. The fourth-order valence-corrected chi connectivity index (χ4v) is 2.16. The first-order valence-electron chi connectivity index (χ1n) is 8.14. The Labute approximate surface area is 161 Å². The summed E-state index contributed by atoms with van der Waals surface area (Å²) in [5.41, 5.74) is 2.39. The van der Waals surface area contributed by atoms with Gasteiger partial charge in [-0.05, 0) is 36.4 Å². The van der Waals surface area contributed by atoms with Crippen molar-refractivity contribution in [1.82, 2.24) is 25.0 Å². The van der Waals surface area contributed by atoms with Gasteiger partial charge in [-0.2, -0.15) is 28.5 Å². The van der Waals surface area contributed by atoms with E-state index in [4.69, 9.17) is 4.74 Å². The second kappa shape index (κ2) is 8.54. The van der Waals surface area contributed by atoms with Gasteiger partial charge in [0, 0.05) is 12.4 Å². The summed E-state index contributed by atoms with van der Waals surface area (Å²) in [6.07, 6.45) is -0.617. The van der Waals surface area contributed by atoms with E-state index in [1.807, 2.05) is 0 Å². The molecule has 0 saturated heterocycles. The number of nitrogens with one attached hydrogen (secondary N) is 1. The molecule has 1 aromatic carbocycles. The Bertz CT molecular complexity index is 994. The number of aromatic nitrogens is 4. The predicted octanol–water partition coefficient (Wildman–Crippen LogP) is 2.58. The summed E-state index contributed by atoms with van der Waals surface area (Å²) in [6, 6.07) is 8.16. The lowest BCUT2D eigenvalue weighted by Gasteiger charge is -2.05. The van der Waals surface area contributed by atoms with Gasteiger partial charge in [0.05, 0.1) is 6.21 Å². The fourth-order valence-electron chi connectivity index (χ4n) is 2.16. The van der Waals surface area contributed by atoms with Crippen molar-refractivity contribution in [3.63, 3.8) is 0 Å². The van der Waals surface area contributed by atoms with Gasteiger partial charge < -0.3 is 4.74 Å². The number of alkyl halides is 3. The Morgan fingerprint density at radius 1 is 1.10 bits per heavy atom. The van der Waals surface area contributed by atoms with E-state index in [1.54, 1.807) is 0 Å². The van der Waals surface area contributed by atoms with Crippen molar-refractivity contribution in [2.75, 3.05) is 0 Å². The van der Waals surface area contributed by atoms with Crippen LogP contribution in [0.2, 0.25) is 0 Å². The summed E-state index contributed by atoms with van der Waals surface area (Å²) < 4.78 is 57.1. The van der Waals surface area contributed by atoms with E-state index >= 15 is 0 Å². The minimum Gasteiger partial charge on any atom is -0.471 e. The molecule has 3 rings (SSSR count). The van der Waals surface area contributed by atoms with E-state index in [2.05, 4.69) is 20.7 Å². The molecule has 1 amide bonds. The van der Waals surface area contributed by atoms with E-state index in [0.29, 0.717) is 10.4 Å². The molecule has 0 atom stereocenters. The highest BCUT2D eigenvalue weighted by molar-refractivity contribution is 5.92. The van der Waals surface area contributed by atoms with Crippen LogP contribution in [-0.4, -0.2) is 37.9 Å². The SMILES string of the molecule is O=C(N/N=C\c1ccn(CC(F)(F)F)n1)c1ccn(COc2ccc(F)cc2)n1. The maximum absolute atomic E-state index is 12.8. The van der Waals surface area contributed by atoms with E-state index in [-0.39, 0.29) is 23.9 Å². The van der Waals surface area contributed by atoms with Crippen molar-refractivity contribution in [2.45, 2.75) is 19.5 Å². The molecule has 0 spiro atoms. The molecule has 12 heteroatoms. The molecule has 0 aliphatic carbocycles. The van der Waals surface area contributed by atoms with Crippen LogP contribution in [0.1, 0.15) is 16.2 Å². The molecule has 2 heterocycles. The second-order valence-electron chi connectivity index (χ2n) is 5.72. The van der Waals surface area contributed by atoms with Crippen LogP contribution in [0, 0.1) is 5.82 Å². The molecule has 2 aromatic heterocycles. The topological polar surface area (TPSA) is 86.3 Å². The van der Waals surface area contributed by atoms with Gasteiger partial charge in [-0.3, -0.25) is 9.48 Å². The van der Waals surface area contributed by atoms with Crippen molar-refractivity contribution in [3.05, 3.63) is 66.0 Å². The summed E-state index contributed by atoms with van der Waals surface area (Å²) in [4.78, 5) is 12.0. The first-order chi connectivity index (χ1) is 13.8. The maximum Gasteiger partial charge on any atom is 0.408 e. The summed E-state index contributed by atoms with van der Waals surface area (Å²) in [6.45, 7) is -1.22. The molecular weight excluding hydrogens is 396 g/mol.